The summed E-state index contributed by atoms with van der Waals surface area (Å²) in [5.74, 6) is -0.484. The molecule has 2 aromatic rings. The fraction of sp³-hybridized carbons (Fsp3) is 0.188. The van der Waals surface area contributed by atoms with Crippen molar-refractivity contribution in [2.24, 2.45) is 0 Å². The number of hydrazine groups is 2. The van der Waals surface area contributed by atoms with Crippen LogP contribution < -0.4 is 21.7 Å². The Balaban J connectivity index is 1.78. The molecule has 1 heterocycles. The van der Waals surface area contributed by atoms with Gasteiger partial charge < -0.3 is 5.32 Å². The topological polar surface area (TPSA) is 65.2 Å². The van der Waals surface area contributed by atoms with Crippen molar-refractivity contribution in [1.82, 2.24) is 16.4 Å². The van der Waals surface area contributed by atoms with Crippen molar-refractivity contribution in [2.45, 2.75) is 18.3 Å². The van der Waals surface area contributed by atoms with Gasteiger partial charge in [0.2, 0.25) is 5.91 Å². The van der Waals surface area contributed by atoms with Gasteiger partial charge in [0.15, 0.2) is 0 Å². The maximum absolute atomic E-state index is 12.9. The Morgan fingerprint density at radius 1 is 1.08 bits per heavy atom. The number of hydrogen-bond acceptors (Lipinski definition) is 4. The molecule has 9 heteroatoms. The average Bonchev–Trinajstić information content (AvgIpc) is 3.06. The highest BCUT2D eigenvalue weighted by molar-refractivity contribution is 6.31. The molecule has 0 aliphatic carbocycles. The number of benzene rings is 2. The molecule has 0 spiro atoms. The van der Waals surface area contributed by atoms with Gasteiger partial charge in [-0.25, -0.2) is 10.9 Å². The van der Waals surface area contributed by atoms with Crippen LogP contribution in [0.25, 0.3) is 0 Å². The van der Waals surface area contributed by atoms with E-state index in [1.807, 2.05) is 30.3 Å². The molecule has 132 valence electrons. The van der Waals surface area contributed by atoms with Gasteiger partial charge in [0.25, 0.3) is 0 Å². The summed E-state index contributed by atoms with van der Waals surface area (Å²) in [6.07, 6.45) is -4.60. The third kappa shape index (κ3) is 3.93. The quantitative estimate of drug-likeness (QED) is 0.670. The van der Waals surface area contributed by atoms with E-state index in [4.69, 9.17) is 11.6 Å². The molecule has 1 aliphatic heterocycles. The van der Waals surface area contributed by atoms with Gasteiger partial charge in [-0.15, -0.1) is 0 Å². The molecule has 5 nitrogen and oxygen atoms in total. The summed E-state index contributed by atoms with van der Waals surface area (Å²) in [7, 11) is 0. The Hall–Kier alpha value is -2.13. The fourth-order valence-corrected chi connectivity index (χ4v) is 2.78. The van der Waals surface area contributed by atoms with Crippen molar-refractivity contribution in [3.63, 3.8) is 0 Å². The van der Waals surface area contributed by atoms with Crippen LogP contribution in [0.15, 0.2) is 48.5 Å². The lowest BCUT2D eigenvalue weighted by molar-refractivity contribution is -0.137. The Bertz CT molecular complexity index is 770. The second-order valence-electron chi connectivity index (χ2n) is 5.46. The maximum Gasteiger partial charge on any atom is 0.417 e. The van der Waals surface area contributed by atoms with Gasteiger partial charge in [0.05, 0.1) is 16.6 Å². The number of amides is 1. The van der Waals surface area contributed by atoms with E-state index >= 15 is 0 Å². The minimum atomic E-state index is -4.60. The molecule has 2 unspecified atom stereocenters. The van der Waals surface area contributed by atoms with E-state index in [9.17, 15) is 18.0 Å². The van der Waals surface area contributed by atoms with Crippen LogP contribution in [0.3, 0.4) is 0 Å². The summed E-state index contributed by atoms with van der Waals surface area (Å²) in [6.45, 7) is 0. The average molecular weight is 371 g/mol. The third-order valence-corrected chi connectivity index (χ3v) is 4.10. The van der Waals surface area contributed by atoms with Crippen molar-refractivity contribution in [2.75, 3.05) is 5.32 Å². The van der Waals surface area contributed by atoms with Crippen molar-refractivity contribution < 1.29 is 18.0 Å². The van der Waals surface area contributed by atoms with Crippen LogP contribution in [0, 0.1) is 0 Å². The smallest absolute Gasteiger partial charge is 0.325 e. The molecule has 0 saturated carbocycles. The van der Waals surface area contributed by atoms with E-state index < -0.39 is 28.7 Å². The number of halogens is 4. The number of alkyl halides is 3. The SMILES string of the molecule is O=C(Nc1ccc(Cl)c(C(F)(F)F)c1)C1NNNC1c1ccccc1. The monoisotopic (exact) mass is 370 g/mol. The molecule has 25 heavy (non-hydrogen) atoms. The van der Waals surface area contributed by atoms with Crippen LogP contribution >= 0.6 is 11.6 Å². The number of nitrogens with one attached hydrogen (secondary N) is 4. The minimum Gasteiger partial charge on any atom is -0.325 e. The standard InChI is InChI=1S/C16H14ClF3N4O/c17-12-7-6-10(8-11(12)16(18,19)20)21-15(25)14-13(22-24-23-14)9-4-2-1-3-5-9/h1-8,13-14,22-24H,(H,21,25). The Labute approximate surface area is 146 Å². The molecular weight excluding hydrogens is 357 g/mol. The third-order valence-electron chi connectivity index (χ3n) is 3.77. The highest BCUT2D eigenvalue weighted by atomic mass is 35.5. The van der Waals surface area contributed by atoms with Crippen LogP contribution in [0.2, 0.25) is 5.02 Å². The van der Waals surface area contributed by atoms with Crippen LogP contribution in [0.5, 0.6) is 0 Å². The first-order chi connectivity index (χ1) is 11.9. The summed E-state index contributed by atoms with van der Waals surface area (Å²) in [5.41, 5.74) is 8.21. The summed E-state index contributed by atoms with van der Waals surface area (Å²) in [4.78, 5) is 12.5. The molecule has 2 atom stereocenters. The number of anilines is 1. The molecule has 1 aliphatic rings. The van der Waals surface area contributed by atoms with Crippen LogP contribution in [-0.4, -0.2) is 11.9 Å². The van der Waals surface area contributed by atoms with Gasteiger partial charge in [-0.05, 0) is 23.8 Å². The highest BCUT2D eigenvalue weighted by Gasteiger charge is 2.35. The lowest BCUT2D eigenvalue weighted by Crippen LogP contribution is -2.41. The van der Waals surface area contributed by atoms with Crippen LogP contribution in [0.1, 0.15) is 17.2 Å². The van der Waals surface area contributed by atoms with Gasteiger partial charge in [-0.2, -0.15) is 18.7 Å². The van der Waals surface area contributed by atoms with Crippen molar-refractivity contribution in [1.29, 1.82) is 0 Å². The first kappa shape index (κ1) is 17.7. The van der Waals surface area contributed by atoms with Gasteiger partial charge in [-0.3, -0.25) is 4.79 Å². The summed E-state index contributed by atoms with van der Waals surface area (Å²) < 4.78 is 38.8. The predicted molar refractivity (Wildman–Crippen MR) is 87.5 cm³/mol. The zero-order chi connectivity index (χ0) is 18.0. The van der Waals surface area contributed by atoms with Gasteiger partial charge >= 0.3 is 6.18 Å². The number of carbonyl (C=O) groups excluding carboxylic acids is 1. The van der Waals surface area contributed by atoms with E-state index in [-0.39, 0.29) is 11.7 Å². The first-order valence-corrected chi connectivity index (χ1v) is 7.72. The van der Waals surface area contributed by atoms with Crippen molar-refractivity contribution in [3.8, 4) is 0 Å². The second kappa shape index (κ2) is 7.01. The zero-order valence-electron chi connectivity index (χ0n) is 12.7. The number of hydrogen-bond donors (Lipinski definition) is 4. The molecular formula is C16H14ClF3N4O. The van der Waals surface area contributed by atoms with E-state index in [1.165, 1.54) is 6.07 Å². The van der Waals surface area contributed by atoms with E-state index in [0.717, 1.165) is 17.7 Å². The molecule has 0 radical (unpaired) electrons. The molecule has 3 rings (SSSR count). The summed E-state index contributed by atoms with van der Waals surface area (Å²) in [5, 5.41) is 2.06. The number of carbonyl (C=O) groups is 1. The summed E-state index contributed by atoms with van der Waals surface area (Å²) >= 11 is 5.58. The molecule has 2 aromatic carbocycles. The molecule has 0 aromatic heterocycles. The lowest BCUT2D eigenvalue weighted by atomic mass is 10.0. The predicted octanol–water partition coefficient (Wildman–Crippen LogP) is 3.02. The van der Waals surface area contributed by atoms with Crippen molar-refractivity contribution >= 4 is 23.2 Å². The lowest BCUT2D eigenvalue weighted by Gasteiger charge is -2.18. The Morgan fingerprint density at radius 3 is 2.48 bits per heavy atom. The molecule has 1 fully saturated rings. The molecule has 1 amide bonds. The summed E-state index contributed by atoms with van der Waals surface area (Å²) in [6, 6.07) is 11.3. The van der Waals surface area contributed by atoms with Gasteiger partial charge in [0, 0.05) is 5.69 Å². The fourth-order valence-electron chi connectivity index (χ4n) is 2.56. The normalized spacial score (nSPS) is 20.5. The first-order valence-electron chi connectivity index (χ1n) is 7.35. The van der Waals surface area contributed by atoms with E-state index in [2.05, 4.69) is 21.7 Å². The minimum absolute atomic E-state index is 0.0160. The highest BCUT2D eigenvalue weighted by Crippen LogP contribution is 2.36. The van der Waals surface area contributed by atoms with Gasteiger partial charge in [-0.1, -0.05) is 41.9 Å². The zero-order valence-corrected chi connectivity index (χ0v) is 13.4. The Morgan fingerprint density at radius 2 is 1.80 bits per heavy atom. The largest absolute Gasteiger partial charge is 0.417 e. The Kier molecular flexibility index (Phi) is 4.96. The van der Waals surface area contributed by atoms with Crippen LogP contribution in [-0.2, 0) is 11.0 Å². The molecule has 4 N–H and O–H groups in total. The molecule has 0 bridgehead atoms. The molecule has 1 saturated heterocycles. The van der Waals surface area contributed by atoms with E-state index in [1.54, 1.807) is 0 Å². The number of rotatable bonds is 3. The second-order valence-corrected chi connectivity index (χ2v) is 5.87. The maximum atomic E-state index is 12.9. The van der Waals surface area contributed by atoms with E-state index in [0.29, 0.717) is 0 Å². The van der Waals surface area contributed by atoms with Crippen LogP contribution in [0.4, 0.5) is 18.9 Å². The van der Waals surface area contributed by atoms with Crippen molar-refractivity contribution in [3.05, 3.63) is 64.7 Å². The van der Waals surface area contributed by atoms with Gasteiger partial charge in [0.1, 0.15) is 6.04 Å².